The van der Waals surface area contributed by atoms with Crippen molar-refractivity contribution in [1.29, 1.82) is 0 Å². The van der Waals surface area contributed by atoms with E-state index in [0.717, 1.165) is 0 Å². The molecular formula is C17H32N6O7S. The summed E-state index contributed by atoms with van der Waals surface area (Å²) in [5, 5.41) is 25.5. The summed E-state index contributed by atoms with van der Waals surface area (Å²) in [5.74, 6) is -4.53. The Labute approximate surface area is 185 Å². The number of carbonyl (C=O) groups excluding carboxylic acids is 4. The fourth-order valence-electron chi connectivity index (χ4n) is 2.39. The van der Waals surface area contributed by atoms with E-state index in [4.69, 9.17) is 17.2 Å². The maximum atomic E-state index is 12.4. The average Bonchev–Trinajstić information content (AvgIpc) is 2.72. The lowest BCUT2D eigenvalue weighted by atomic mass is 10.1. The number of unbranched alkanes of at least 4 members (excludes halogenated alkanes) is 1. The van der Waals surface area contributed by atoms with Crippen LogP contribution in [0.15, 0.2) is 0 Å². The molecule has 31 heavy (non-hydrogen) atoms. The van der Waals surface area contributed by atoms with Gasteiger partial charge >= 0.3 is 5.97 Å². The van der Waals surface area contributed by atoms with Crippen LogP contribution in [0.3, 0.4) is 0 Å². The Morgan fingerprint density at radius 3 is 1.90 bits per heavy atom. The van der Waals surface area contributed by atoms with E-state index in [1.165, 1.54) is 0 Å². The SMILES string of the molecule is NCCCCC(NC(=O)C(CO)NC(=O)C(CS)NC(=O)C(N)CCC(N)=O)C(=O)O. The zero-order chi connectivity index (χ0) is 24.0. The van der Waals surface area contributed by atoms with E-state index < -0.39 is 60.4 Å². The van der Waals surface area contributed by atoms with E-state index in [2.05, 4.69) is 28.6 Å². The van der Waals surface area contributed by atoms with E-state index in [-0.39, 0.29) is 25.0 Å². The molecule has 11 N–H and O–H groups in total. The van der Waals surface area contributed by atoms with Crippen molar-refractivity contribution in [3.05, 3.63) is 0 Å². The summed E-state index contributed by atoms with van der Waals surface area (Å²) in [6.45, 7) is -0.434. The average molecular weight is 465 g/mol. The molecule has 13 nitrogen and oxygen atoms in total. The van der Waals surface area contributed by atoms with Gasteiger partial charge in [-0.2, -0.15) is 12.6 Å². The number of primary amides is 1. The van der Waals surface area contributed by atoms with Crippen LogP contribution < -0.4 is 33.2 Å². The molecule has 0 aromatic carbocycles. The van der Waals surface area contributed by atoms with Gasteiger partial charge < -0.3 is 43.4 Å². The van der Waals surface area contributed by atoms with Gasteiger partial charge in [0.25, 0.3) is 0 Å². The molecule has 0 rings (SSSR count). The Bertz CT molecular complexity index is 636. The molecule has 178 valence electrons. The van der Waals surface area contributed by atoms with Crippen LogP contribution in [0, 0.1) is 0 Å². The first-order chi connectivity index (χ1) is 14.6. The summed E-state index contributed by atoms with van der Waals surface area (Å²) in [4.78, 5) is 58.8. The molecule has 0 radical (unpaired) electrons. The molecule has 0 saturated heterocycles. The number of amides is 4. The predicted molar refractivity (Wildman–Crippen MR) is 114 cm³/mol. The van der Waals surface area contributed by atoms with Crippen molar-refractivity contribution in [3.63, 3.8) is 0 Å². The number of nitrogens with one attached hydrogen (secondary N) is 3. The maximum Gasteiger partial charge on any atom is 0.326 e. The smallest absolute Gasteiger partial charge is 0.326 e. The number of aliphatic hydroxyl groups is 1. The van der Waals surface area contributed by atoms with Crippen LogP contribution in [0.4, 0.5) is 0 Å². The second-order valence-corrected chi connectivity index (χ2v) is 7.15. The lowest BCUT2D eigenvalue weighted by Crippen LogP contribution is -2.58. The number of hydrogen-bond acceptors (Lipinski definition) is 9. The number of carboxylic acid groups (broad SMARTS) is 1. The minimum atomic E-state index is -1.45. The highest BCUT2D eigenvalue weighted by Crippen LogP contribution is 2.02. The number of carbonyl (C=O) groups is 5. The quantitative estimate of drug-likeness (QED) is 0.0801. The fourth-order valence-corrected chi connectivity index (χ4v) is 2.65. The van der Waals surface area contributed by atoms with Gasteiger partial charge in [0, 0.05) is 12.2 Å². The Morgan fingerprint density at radius 1 is 0.871 bits per heavy atom. The third-order valence-electron chi connectivity index (χ3n) is 4.23. The third kappa shape index (κ3) is 11.5. The summed E-state index contributed by atoms with van der Waals surface area (Å²) < 4.78 is 0. The monoisotopic (exact) mass is 464 g/mol. The highest BCUT2D eigenvalue weighted by Gasteiger charge is 2.29. The second-order valence-electron chi connectivity index (χ2n) is 6.78. The maximum absolute atomic E-state index is 12.4. The number of nitrogens with two attached hydrogens (primary N) is 3. The van der Waals surface area contributed by atoms with Gasteiger partial charge in [-0.3, -0.25) is 19.2 Å². The second kappa shape index (κ2) is 15.4. The van der Waals surface area contributed by atoms with Crippen molar-refractivity contribution in [2.24, 2.45) is 17.2 Å². The van der Waals surface area contributed by atoms with E-state index in [0.29, 0.717) is 19.4 Å². The molecule has 0 aliphatic carbocycles. The number of hydrogen-bond donors (Lipinski definition) is 9. The van der Waals surface area contributed by atoms with Crippen molar-refractivity contribution in [2.45, 2.75) is 56.3 Å². The molecule has 0 bridgehead atoms. The molecule has 4 atom stereocenters. The lowest BCUT2D eigenvalue weighted by molar-refractivity contribution is -0.142. The largest absolute Gasteiger partial charge is 0.480 e. The number of thiol groups is 1. The van der Waals surface area contributed by atoms with Crippen molar-refractivity contribution in [2.75, 3.05) is 18.9 Å². The van der Waals surface area contributed by atoms with Gasteiger partial charge in [-0.05, 0) is 32.2 Å². The predicted octanol–water partition coefficient (Wildman–Crippen LogP) is -3.83. The molecule has 0 saturated carbocycles. The van der Waals surface area contributed by atoms with Crippen molar-refractivity contribution in [3.8, 4) is 0 Å². The van der Waals surface area contributed by atoms with Gasteiger partial charge in [0.15, 0.2) is 0 Å². The molecule has 0 aromatic heterocycles. The summed E-state index contributed by atoms with van der Waals surface area (Å²) >= 11 is 3.97. The summed E-state index contributed by atoms with van der Waals surface area (Å²) in [6.07, 6.45) is 1.03. The van der Waals surface area contributed by atoms with Crippen LogP contribution in [-0.4, -0.2) is 82.9 Å². The van der Waals surface area contributed by atoms with Crippen LogP contribution in [0.2, 0.25) is 0 Å². The van der Waals surface area contributed by atoms with Gasteiger partial charge in [0.1, 0.15) is 18.1 Å². The number of aliphatic hydroxyl groups excluding tert-OH is 1. The molecule has 0 fully saturated rings. The minimum absolute atomic E-state index is 0.0233. The first-order valence-corrected chi connectivity index (χ1v) is 10.3. The minimum Gasteiger partial charge on any atom is -0.480 e. The highest BCUT2D eigenvalue weighted by atomic mass is 32.1. The number of carboxylic acids is 1. The van der Waals surface area contributed by atoms with Crippen LogP contribution in [-0.2, 0) is 24.0 Å². The Kier molecular flexibility index (Phi) is 14.2. The molecule has 4 amide bonds. The molecule has 0 spiro atoms. The molecule has 0 aliphatic rings. The van der Waals surface area contributed by atoms with Crippen molar-refractivity contribution < 1.29 is 34.2 Å². The first kappa shape index (κ1) is 28.6. The van der Waals surface area contributed by atoms with Crippen LogP contribution in [0.1, 0.15) is 32.1 Å². The summed E-state index contributed by atoms with van der Waals surface area (Å²) in [7, 11) is 0. The lowest BCUT2D eigenvalue weighted by Gasteiger charge is -2.23. The van der Waals surface area contributed by atoms with Crippen LogP contribution >= 0.6 is 12.6 Å². The summed E-state index contributed by atoms with van der Waals surface area (Å²) in [5.41, 5.74) is 16.0. The molecule has 14 heteroatoms. The van der Waals surface area contributed by atoms with Gasteiger partial charge in [-0.25, -0.2) is 4.79 Å². The van der Waals surface area contributed by atoms with E-state index in [1.54, 1.807) is 0 Å². The van der Waals surface area contributed by atoms with Crippen molar-refractivity contribution >= 4 is 42.2 Å². The van der Waals surface area contributed by atoms with E-state index in [9.17, 15) is 34.2 Å². The number of aliphatic carboxylic acids is 1. The normalized spacial score (nSPS) is 14.6. The Morgan fingerprint density at radius 2 is 1.42 bits per heavy atom. The summed E-state index contributed by atoms with van der Waals surface area (Å²) in [6, 6.07) is -4.96. The molecular weight excluding hydrogens is 432 g/mol. The molecule has 0 heterocycles. The fraction of sp³-hybridized carbons (Fsp3) is 0.706. The van der Waals surface area contributed by atoms with Gasteiger partial charge in [0.2, 0.25) is 23.6 Å². The van der Waals surface area contributed by atoms with Crippen LogP contribution in [0.5, 0.6) is 0 Å². The van der Waals surface area contributed by atoms with Crippen LogP contribution in [0.25, 0.3) is 0 Å². The molecule has 0 aliphatic heterocycles. The van der Waals surface area contributed by atoms with E-state index in [1.807, 2.05) is 0 Å². The standard InChI is InChI=1S/C17H32N6O7S/c18-6-2-1-3-10(17(29)30)21-15(27)11(7-24)22-16(28)12(8-31)23-14(26)9(19)4-5-13(20)25/h9-12,24,31H,1-8,18-19H2,(H2,20,25)(H,21,27)(H,22,28)(H,23,26)(H,29,30). The zero-order valence-electron chi connectivity index (χ0n) is 17.1. The van der Waals surface area contributed by atoms with Crippen molar-refractivity contribution in [1.82, 2.24) is 16.0 Å². The highest BCUT2D eigenvalue weighted by molar-refractivity contribution is 7.80. The zero-order valence-corrected chi connectivity index (χ0v) is 18.0. The number of rotatable bonds is 16. The molecule has 4 unspecified atom stereocenters. The molecule has 0 aromatic rings. The van der Waals surface area contributed by atoms with Gasteiger partial charge in [0.05, 0.1) is 12.6 Å². The van der Waals surface area contributed by atoms with E-state index >= 15 is 0 Å². The Balaban J connectivity index is 4.91. The van der Waals surface area contributed by atoms with Gasteiger partial charge in [-0.1, -0.05) is 0 Å². The van der Waals surface area contributed by atoms with Gasteiger partial charge in [-0.15, -0.1) is 0 Å². The Hall–Kier alpha value is -2.42. The first-order valence-electron chi connectivity index (χ1n) is 9.66. The topological polar surface area (TPSA) is 240 Å². The third-order valence-corrected chi connectivity index (χ3v) is 4.60.